The van der Waals surface area contributed by atoms with E-state index in [9.17, 15) is 27.6 Å². The molecule has 1 saturated carbocycles. The molecule has 1 aliphatic carbocycles. The van der Waals surface area contributed by atoms with Crippen LogP contribution in [0.25, 0.3) is 0 Å². The first-order chi connectivity index (χ1) is 12.8. The summed E-state index contributed by atoms with van der Waals surface area (Å²) in [6.45, 7) is 0.574. The lowest BCUT2D eigenvalue weighted by atomic mass is 10.1. The van der Waals surface area contributed by atoms with Crippen LogP contribution in [0.2, 0.25) is 0 Å². The zero-order valence-corrected chi connectivity index (χ0v) is 14.5. The fraction of sp³-hybridized carbons (Fsp3) is 0.500. The van der Waals surface area contributed by atoms with E-state index in [1.54, 1.807) is 0 Å². The minimum Gasteiger partial charge on any atom is -0.354 e. The van der Waals surface area contributed by atoms with E-state index in [0.717, 1.165) is 25.0 Å². The van der Waals surface area contributed by atoms with E-state index in [4.69, 9.17) is 0 Å². The molecular weight excluding hydrogens is 363 g/mol. The Labute approximate surface area is 154 Å². The third kappa shape index (κ3) is 4.78. The number of benzene rings is 1. The fourth-order valence-electron chi connectivity index (χ4n) is 2.99. The Hall–Kier alpha value is -2.58. The number of amides is 3. The molecule has 1 aliphatic heterocycles. The largest absolute Gasteiger partial charge is 0.416 e. The molecule has 1 aromatic rings. The number of rotatable bonds is 6. The summed E-state index contributed by atoms with van der Waals surface area (Å²) in [7, 11) is 0. The maximum Gasteiger partial charge on any atom is 0.416 e. The van der Waals surface area contributed by atoms with Gasteiger partial charge in [0.25, 0.3) is 0 Å². The highest BCUT2D eigenvalue weighted by Gasteiger charge is 2.37. The first-order valence-electron chi connectivity index (χ1n) is 8.79. The van der Waals surface area contributed by atoms with Crippen LogP contribution >= 0.6 is 0 Å². The van der Waals surface area contributed by atoms with Crippen LogP contribution in [0.5, 0.6) is 0 Å². The van der Waals surface area contributed by atoms with Crippen LogP contribution in [-0.2, 0) is 20.6 Å². The number of nitrogens with one attached hydrogen (secondary N) is 2. The van der Waals surface area contributed by atoms with Crippen LogP contribution in [0.3, 0.4) is 0 Å². The monoisotopic (exact) mass is 383 g/mol. The van der Waals surface area contributed by atoms with Gasteiger partial charge in [-0.15, -0.1) is 0 Å². The average molecular weight is 383 g/mol. The van der Waals surface area contributed by atoms with Crippen LogP contribution in [-0.4, -0.2) is 37.4 Å². The molecule has 3 rings (SSSR count). The SMILES string of the molecule is O=C(NCCNC(=O)C1CC(=O)N(c2cccc(C(F)(F)F)c2)C1)C1CC1. The Morgan fingerprint density at radius 1 is 1.07 bits per heavy atom. The molecule has 1 saturated heterocycles. The van der Waals surface area contributed by atoms with E-state index in [-0.39, 0.29) is 42.9 Å². The molecule has 0 radical (unpaired) electrons. The maximum absolute atomic E-state index is 12.8. The van der Waals surface area contributed by atoms with Crippen LogP contribution in [0.4, 0.5) is 18.9 Å². The molecule has 2 aliphatic rings. The van der Waals surface area contributed by atoms with E-state index >= 15 is 0 Å². The topological polar surface area (TPSA) is 78.5 Å². The lowest BCUT2D eigenvalue weighted by molar-refractivity contribution is -0.137. The van der Waals surface area contributed by atoms with Crippen molar-refractivity contribution in [3.63, 3.8) is 0 Å². The third-order valence-corrected chi connectivity index (χ3v) is 4.65. The van der Waals surface area contributed by atoms with Crippen molar-refractivity contribution in [1.29, 1.82) is 0 Å². The molecule has 3 amide bonds. The molecule has 1 aromatic carbocycles. The Morgan fingerprint density at radius 3 is 2.30 bits per heavy atom. The van der Waals surface area contributed by atoms with Crippen molar-refractivity contribution in [3.05, 3.63) is 29.8 Å². The van der Waals surface area contributed by atoms with E-state index in [0.29, 0.717) is 6.54 Å². The first kappa shape index (κ1) is 19.2. The van der Waals surface area contributed by atoms with Crippen LogP contribution in [0, 0.1) is 11.8 Å². The second-order valence-corrected chi connectivity index (χ2v) is 6.81. The highest BCUT2D eigenvalue weighted by atomic mass is 19.4. The van der Waals surface area contributed by atoms with E-state index in [1.807, 2.05) is 0 Å². The summed E-state index contributed by atoms with van der Waals surface area (Å²) in [5, 5.41) is 5.37. The fourth-order valence-corrected chi connectivity index (χ4v) is 2.99. The summed E-state index contributed by atoms with van der Waals surface area (Å²) < 4.78 is 38.5. The van der Waals surface area contributed by atoms with Crippen molar-refractivity contribution in [1.82, 2.24) is 10.6 Å². The lowest BCUT2D eigenvalue weighted by Crippen LogP contribution is -2.38. The maximum atomic E-state index is 12.8. The third-order valence-electron chi connectivity index (χ3n) is 4.65. The number of alkyl halides is 3. The standard InChI is InChI=1S/C18H20F3N3O3/c19-18(20,21)13-2-1-3-14(9-13)24-10-12(8-15(24)25)17(27)23-7-6-22-16(26)11-4-5-11/h1-3,9,11-12H,4-8,10H2,(H,22,26)(H,23,27). The molecule has 9 heteroatoms. The molecule has 6 nitrogen and oxygen atoms in total. The summed E-state index contributed by atoms with van der Waals surface area (Å²) >= 11 is 0. The molecule has 0 spiro atoms. The minimum atomic E-state index is -4.50. The minimum absolute atomic E-state index is 0.0176. The van der Waals surface area contributed by atoms with Gasteiger partial charge in [0, 0.05) is 37.7 Å². The summed E-state index contributed by atoms with van der Waals surface area (Å²) in [6.07, 6.45) is -2.77. The van der Waals surface area contributed by atoms with Gasteiger partial charge in [-0.3, -0.25) is 14.4 Å². The molecule has 2 fully saturated rings. The van der Waals surface area contributed by atoms with E-state index in [1.165, 1.54) is 17.0 Å². The van der Waals surface area contributed by atoms with Gasteiger partial charge in [0.2, 0.25) is 17.7 Å². The highest BCUT2D eigenvalue weighted by Crippen LogP contribution is 2.33. The van der Waals surface area contributed by atoms with E-state index < -0.39 is 23.6 Å². The molecule has 0 aromatic heterocycles. The number of hydrogen-bond acceptors (Lipinski definition) is 3. The number of carbonyl (C=O) groups is 3. The van der Waals surface area contributed by atoms with Gasteiger partial charge in [0.05, 0.1) is 11.5 Å². The summed E-state index contributed by atoms with van der Waals surface area (Å²) in [5.41, 5.74) is -0.714. The Morgan fingerprint density at radius 2 is 1.70 bits per heavy atom. The predicted molar refractivity (Wildman–Crippen MR) is 90.6 cm³/mol. The quantitative estimate of drug-likeness (QED) is 0.734. The number of carbonyl (C=O) groups excluding carboxylic acids is 3. The first-order valence-corrected chi connectivity index (χ1v) is 8.79. The van der Waals surface area contributed by atoms with Crippen molar-refractivity contribution in [2.24, 2.45) is 11.8 Å². The van der Waals surface area contributed by atoms with Crippen molar-refractivity contribution in [3.8, 4) is 0 Å². The number of halogens is 3. The average Bonchev–Trinajstić information content (AvgIpc) is 3.40. The van der Waals surface area contributed by atoms with Gasteiger partial charge in [-0.1, -0.05) is 6.07 Å². The smallest absolute Gasteiger partial charge is 0.354 e. The number of hydrogen-bond donors (Lipinski definition) is 2. The molecule has 0 bridgehead atoms. The Kier molecular flexibility index (Phi) is 5.38. The van der Waals surface area contributed by atoms with Crippen molar-refractivity contribution < 1.29 is 27.6 Å². The highest BCUT2D eigenvalue weighted by molar-refractivity contribution is 6.00. The van der Waals surface area contributed by atoms with Crippen LogP contribution in [0.1, 0.15) is 24.8 Å². The zero-order valence-electron chi connectivity index (χ0n) is 14.5. The molecule has 1 heterocycles. The number of anilines is 1. The molecular formula is C18H20F3N3O3. The summed E-state index contributed by atoms with van der Waals surface area (Å²) in [4.78, 5) is 37.1. The van der Waals surface area contributed by atoms with Gasteiger partial charge in [-0.2, -0.15) is 13.2 Å². The van der Waals surface area contributed by atoms with E-state index in [2.05, 4.69) is 10.6 Å². The van der Waals surface area contributed by atoms with Crippen LogP contribution in [0.15, 0.2) is 24.3 Å². The van der Waals surface area contributed by atoms with Gasteiger partial charge in [0.1, 0.15) is 0 Å². The van der Waals surface area contributed by atoms with Gasteiger partial charge >= 0.3 is 6.18 Å². The molecule has 1 atom stereocenters. The van der Waals surface area contributed by atoms with Crippen molar-refractivity contribution in [2.45, 2.75) is 25.4 Å². The molecule has 2 N–H and O–H groups in total. The van der Waals surface area contributed by atoms with Gasteiger partial charge in [-0.05, 0) is 31.0 Å². The second-order valence-electron chi connectivity index (χ2n) is 6.81. The van der Waals surface area contributed by atoms with Crippen molar-refractivity contribution >= 4 is 23.4 Å². The lowest BCUT2D eigenvalue weighted by Gasteiger charge is -2.18. The normalized spacial score (nSPS) is 19.9. The summed E-state index contributed by atoms with van der Waals surface area (Å²) in [6, 6.07) is 4.50. The van der Waals surface area contributed by atoms with Gasteiger partial charge < -0.3 is 15.5 Å². The molecule has 146 valence electrons. The molecule has 27 heavy (non-hydrogen) atoms. The number of nitrogens with zero attached hydrogens (tertiary/aromatic N) is 1. The second kappa shape index (κ2) is 7.58. The van der Waals surface area contributed by atoms with Crippen LogP contribution < -0.4 is 15.5 Å². The Balaban J connectivity index is 1.52. The van der Waals surface area contributed by atoms with Crippen molar-refractivity contribution in [2.75, 3.05) is 24.5 Å². The zero-order chi connectivity index (χ0) is 19.6. The molecule has 1 unspecified atom stereocenters. The predicted octanol–water partition coefficient (Wildman–Crippen LogP) is 1.70. The Bertz CT molecular complexity index is 747. The van der Waals surface area contributed by atoms with Gasteiger partial charge in [0.15, 0.2) is 0 Å². The summed E-state index contributed by atoms with van der Waals surface area (Å²) in [5.74, 6) is -1.30. The van der Waals surface area contributed by atoms with Gasteiger partial charge in [-0.25, -0.2) is 0 Å².